The second kappa shape index (κ2) is 9.99. The Bertz CT molecular complexity index is 972. The predicted octanol–water partition coefficient (Wildman–Crippen LogP) is 7.75. The van der Waals surface area contributed by atoms with Crippen LogP contribution in [-0.4, -0.2) is 6.11 Å². The average molecular weight is 430 g/mol. The zero-order chi connectivity index (χ0) is 22.4. The molecule has 3 aromatic carbocycles. The first-order chi connectivity index (χ1) is 14.8. The number of halogens is 4. The molecule has 0 amide bonds. The first-order valence-electron chi connectivity index (χ1n) is 10.5. The van der Waals surface area contributed by atoms with Crippen molar-refractivity contribution in [2.75, 3.05) is 0 Å². The van der Waals surface area contributed by atoms with E-state index in [-0.39, 0.29) is 11.3 Å². The normalized spacial score (nSPS) is 11.5. The van der Waals surface area contributed by atoms with Crippen LogP contribution in [0, 0.1) is 11.6 Å². The molecule has 31 heavy (non-hydrogen) atoms. The van der Waals surface area contributed by atoms with E-state index in [0.717, 1.165) is 30.4 Å². The Morgan fingerprint density at radius 3 is 1.87 bits per heavy atom. The van der Waals surface area contributed by atoms with Crippen LogP contribution in [0.5, 0.6) is 5.75 Å². The second-order valence-electron chi connectivity index (χ2n) is 7.60. The Morgan fingerprint density at radius 2 is 1.32 bits per heavy atom. The van der Waals surface area contributed by atoms with Crippen molar-refractivity contribution in [3.8, 4) is 16.9 Å². The van der Waals surface area contributed by atoms with Crippen molar-refractivity contribution in [1.82, 2.24) is 0 Å². The molecule has 1 nitrogen and oxygen atoms in total. The second-order valence-corrected chi connectivity index (χ2v) is 7.60. The van der Waals surface area contributed by atoms with Crippen molar-refractivity contribution in [3.63, 3.8) is 0 Å². The van der Waals surface area contributed by atoms with Gasteiger partial charge in [0.05, 0.1) is 6.42 Å². The molecule has 0 unspecified atom stereocenters. The summed E-state index contributed by atoms with van der Waals surface area (Å²) in [7, 11) is 0. The van der Waals surface area contributed by atoms with Crippen LogP contribution in [-0.2, 0) is 19.3 Å². The van der Waals surface area contributed by atoms with Gasteiger partial charge in [0.2, 0.25) is 0 Å². The molecule has 3 aromatic rings. The Labute approximate surface area is 180 Å². The molecule has 0 saturated heterocycles. The standard InChI is InChI=1S/C26H26F4O/c1-3-5-19-6-10-20(11-7-19)21-16-24(27)23(25(28)17-21)14-15-26(29,30)31-22-12-8-18(4-2)9-13-22/h6-13,16-17H,3-5,14-15H2,1-2H3. The lowest BCUT2D eigenvalue weighted by molar-refractivity contribution is -0.180. The molecule has 0 aromatic heterocycles. The first-order valence-corrected chi connectivity index (χ1v) is 10.5. The lowest BCUT2D eigenvalue weighted by Gasteiger charge is -2.18. The van der Waals surface area contributed by atoms with E-state index >= 15 is 0 Å². The van der Waals surface area contributed by atoms with E-state index in [1.165, 1.54) is 24.3 Å². The molecule has 0 aliphatic rings. The van der Waals surface area contributed by atoms with E-state index in [2.05, 4.69) is 6.92 Å². The largest absolute Gasteiger partial charge is 0.433 e. The molecule has 0 bridgehead atoms. The van der Waals surface area contributed by atoms with Crippen LogP contribution < -0.4 is 4.74 Å². The van der Waals surface area contributed by atoms with Gasteiger partial charge in [0, 0.05) is 5.56 Å². The summed E-state index contributed by atoms with van der Waals surface area (Å²) in [4.78, 5) is 0. The fraction of sp³-hybridized carbons (Fsp3) is 0.308. The van der Waals surface area contributed by atoms with Gasteiger partial charge in [-0.3, -0.25) is 0 Å². The summed E-state index contributed by atoms with van der Waals surface area (Å²) in [5, 5.41) is 0. The highest BCUT2D eigenvalue weighted by atomic mass is 19.3. The molecule has 0 aliphatic carbocycles. The number of benzene rings is 3. The highest BCUT2D eigenvalue weighted by Gasteiger charge is 2.32. The molecule has 0 N–H and O–H groups in total. The number of alkyl halides is 2. The maximum absolute atomic E-state index is 14.6. The van der Waals surface area contributed by atoms with Crippen LogP contribution in [0.4, 0.5) is 17.6 Å². The number of ether oxygens (including phenoxy) is 1. The molecule has 0 fully saturated rings. The summed E-state index contributed by atoms with van der Waals surface area (Å²) >= 11 is 0. The van der Waals surface area contributed by atoms with Crippen LogP contribution in [0.1, 0.15) is 43.4 Å². The first kappa shape index (κ1) is 22.9. The molecule has 3 rings (SSSR count). The van der Waals surface area contributed by atoms with Gasteiger partial charge >= 0.3 is 6.11 Å². The number of hydrogen-bond acceptors (Lipinski definition) is 1. The third-order valence-electron chi connectivity index (χ3n) is 5.23. The topological polar surface area (TPSA) is 9.23 Å². The molecule has 0 aliphatic heterocycles. The van der Waals surface area contributed by atoms with Crippen molar-refractivity contribution >= 4 is 0 Å². The van der Waals surface area contributed by atoms with Crippen LogP contribution in [0.15, 0.2) is 60.7 Å². The Balaban J connectivity index is 1.69. The number of hydrogen-bond donors (Lipinski definition) is 0. The van der Waals surface area contributed by atoms with E-state index in [9.17, 15) is 17.6 Å². The average Bonchev–Trinajstić information content (AvgIpc) is 2.74. The molecule has 0 spiro atoms. The van der Waals surface area contributed by atoms with Crippen LogP contribution >= 0.6 is 0 Å². The number of rotatable bonds is 9. The Hall–Kier alpha value is -2.82. The molecular formula is C26H26F4O. The SMILES string of the molecule is CCCc1ccc(-c2cc(F)c(CCC(F)(F)Oc3ccc(CC)cc3)c(F)c2)cc1. The third-order valence-corrected chi connectivity index (χ3v) is 5.23. The number of aryl methyl sites for hydroxylation is 2. The van der Waals surface area contributed by atoms with Crippen LogP contribution in [0.25, 0.3) is 11.1 Å². The van der Waals surface area contributed by atoms with Gasteiger partial charge in [-0.15, -0.1) is 0 Å². The van der Waals surface area contributed by atoms with Crippen molar-refractivity contribution < 1.29 is 22.3 Å². The van der Waals surface area contributed by atoms with Crippen LogP contribution in [0.3, 0.4) is 0 Å². The van der Waals surface area contributed by atoms with Crippen LogP contribution in [0.2, 0.25) is 0 Å². The molecule has 0 radical (unpaired) electrons. The Morgan fingerprint density at radius 1 is 0.742 bits per heavy atom. The van der Waals surface area contributed by atoms with E-state index in [4.69, 9.17) is 4.74 Å². The van der Waals surface area contributed by atoms with Gasteiger partial charge in [-0.25, -0.2) is 8.78 Å². The summed E-state index contributed by atoms with van der Waals surface area (Å²) in [5.41, 5.74) is 2.83. The van der Waals surface area contributed by atoms with E-state index in [0.29, 0.717) is 11.1 Å². The quantitative estimate of drug-likeness (QED) is 0.315. The fourth-order valence-electron chi connectivity index (χ4n) is 3.45. The summed E-state index contributed by atoms with van der Waals surface area (Å²) in [6.45, 7) is 4.04. The molecular weight excluding hydrogens is 404 g/mol. The third kappa shape index (κ3) is 6.09. The lowest BCUT2D eigenvalue weighted by Crippen LogP contribution is -2.25. The van der Waals surface area contributed by atoms with Crippen molar-refractivity contribution in [3.05, 3.63) is 89.0 Å². The van der Waals surface area contributed by atoms with Gasteiger partial charge in [-0.05, 0) is 65.8 Å². The lowest BCUT2D eigenvalue weighted by atomic mass is 9.99. The van der Waals surface area contributed by atoms with Gasteiger partial charge in [0.25, 0.3) is 0 Å². The summed E-state index contributed by atoms with van der Waals surface area (Å²) in [6, 6.07) is 16.2. The minimum absolute atomic E-state index is 0.0185. The summed E-state index contributed by atoms with van der Waals surface area (Å²) in [6.07, 6.45) is -2.12. The zero-order valence-corrected chi connectivity index (χ0v) is 17.7. The smallest absolute Gasteiger partial charge is 0.398 e. The summed E-state index contributed by atoms with van der Waals surface area (Å²) < 4.78 is 62.3. The Kier molecular flexibility index (Phi) is 7.37. The molecule has 164 valence electrons. The van der Waals surface area contributed by atoms with Gasteiger partial charge in [-0.2, -0.15) is 8.78 Å². The maximum Gasteiger partial charge on any atom is 0.398 e. The fourth-order valence-corrected chi connectivity index (χ4v) is 3.45. The molecule has 5 heteroatoms. The minimum Gasteiger partial charge on any atom is -0.433 e. The van der Waals surface area contributed by atoms with Crippen molar-refractivity contribution in [2.24, 2.45) is 0 Å². The summed E-state index contributed by atoms with van der Waals surface area (Å²) in [5.74, 6) is -1.66. The van der Waals surface area contributed by atoms with Crippen molar-refractivity contribution in [1.29, 1.82) is 0 Å². The highest BCUT2D eigenvalue weighted by Crippen LogP contribution is 2.30. The predicted molar refractivity (Wildman–Crippen MR) is 116 cm³/mol. The van der Waals surface area contributed by atoms with E-state index in [1.807, 2.05) is 31.2 Å². The van der Waals surface area contributed by atoms with Gasteiger partial charge in [-0.1, -0.05) is 56.7 Å². The minimum atomic E-state index is -3.54. The zero-order valence-electron chi connectivity index (χ0n) is 17.7. The van der Waals surface area contributed by atoms with E-state index in [1.54, 1.807) is 12.1 Å². The molecule has 0 saturated carbocycles. The maximum atomic E-state index is 14.6. The van der Waals surface area contributed by atoms with Crippen molar-refractivity contribution in [2.45, 2.75) is 52.1 Å². The monoisotopic (exact) mass is 430 g/mol. The molecule has 0 heterocycles. The van der Waals surface area contributed by atoms with Gasteiger partial charge in [0.1, 0.15) is 17.4 Å². The van der Waals surface area contributed by atoms with Gasteiger partial charge < -0.3 is 4.74 Å². The molecule has 0 atom stereocenters. The van der Waals surface area contributed by atoms with Gasteiger partial charge in [0.15, 0.2) is 0 Å². The highest BCUT2D eigenvalue weighted by molar-refractivity contribution is 5.64. The van der Waals surface area contributed by atoms with E-state index < -0.39 is 30.6 Å².